The molecule has 0 saturated carbocycles. The highest BCUT2D eigenvalue weighted by molar-refractivity contribution is 7.09. The van der Waals surface area contributed by atoms with Crippen molar-refractivity contribution in [3.63, 3.8) is 0 Å². The maximum Gasteiger partial charge on any atom is 0.240 e. The lowest BCUT2D eigenvalue weighted by molar-refractivity contribution is 0.177. The first-order valence-corrected chi connectivity index (χ1v) is 9.02. The van der Waals surface area contributed by atoms with E-state index in [1.165, 1.54) is 23.5 Å². The average Bonchev–Trinajstić information content (AvgIpc) is 3.16. The number of aromatic nitrogens is 3. The Bertz CT molecular complexity index is 607. The molecule has 6 heteroatoms. The molecule has 0 radical (unpaired) electrons. The molecule has 1 saturated heterocycles. The van der Waals surface area contributed by atoms with Crippen LogP contribution in [0, 0.1) is 0 Å². The van der Waals surface area contributed by atoms with Gasteiger partial charge in [0.15, 0.2) is 5.82 Å². The molecule has 3 heterocycles. The van der Waals surface area contributed by atoms with E-state index in [4.69, 9.17) is 9.51 Å². The van der Waals surface area contributed by atoms with Crippen molar-refractivity contribution in [3.05, 3.63) is 27.8 Å². The summed E-state index contributed by atoms with van der Waals surface area (Å²) >= 11 is 1.81. The highest BCUT2D eigenvalue weighted by Crippen LogP contribution is 2.31. The fourth-order valence-electron chi connectivity index (χ4n) is 2.84. The van der Waals surface area contributed by atoms with Crippen molar-refractivity contribution in [2.24, 2.45) is 0 Å². The summed E-state index contributed by atoms with van der Waals surface area (Å²) in [4.78, 5) is 11.7. The molecular weight excluding hydrogens is 296 g/mol. The molecule has 1 fully saturated rings. The van der Waals surface area contributed by atoms with Gasteiger partial charge in [-0.2, -0.15) is 4.98 Å². The molecule has 1 aliphatic heterocycles. The molecule has 3 rings (SSSR count). The molecule has 0 bridgehead atoms. The third-order valence-electron chi connectivity index (χ3n) is 4.17. The van der Waals surface area contributed by atoms with Crippen LogP contribution in [0.4, 0.5) is 0 Å². The summed E-state index contributed by atoms with van der Waals surface area (Å²) in [5, 5.41) is 7.48. The van der Waals surface area contributed by atoms with E-state index in [-0.39, 0.29) is 0 Å². The largest absolute Gasteiger partial charge is 0.338 e. The van der Waals surface area contributed by atoms with Gasteiger partial charge in [0.1, 0.15) is 0 Å². The molecule has 1 aliphatic rings. The first kappa shape index (κ1) is 15.6. The number of likely N-dealkylation sites (tertiary alicyclic amines) is 1. The Hall–Kier alpha value is -1.27. The molecule has 2 aromatic heterocycles. The zero-order valence-corrected chi connectivity index (χ0v) is 14.4. The third kappa shape index (κ3) is 3.55. The Morgan fingerprint density at radius 3 is 2.95 bits per heavy atom. The Balaban J connectivity index is 1.63. The summed E-state index contributed by atoms with van der Waals surface area (Å²) in [7, 11) is 0. The van der Waals surface area contributed by atoms with Gasteiger partial charge in [0, 0.05) is 24.3 Å². The molecule has 0 N–H and O–H groups in total. The third-order valence-corrected chi connectivity index (χ3v) is 5.20. The topological polar surface area (TPSA) is 55.1 Å². The number of piperidine rings is 1. The fourth-order valence-corrected chi connectivity index (χ4v) is 3.95. The smallest absolute Gasteiger partial charge is 0.240 e. The monoisotopic (exact) mass is 320 g/mol. The Labute approximate surface area is 135 Å². The van der Waals surface area contributed by atoms with Crippen molar-refractivity contribution in [1.82, 2.24) is 20.0 Å². The van der Waals surface area contributed by atoms with Crippen molar-refractivity contribution in [2.45, 2.75) is 58.4 Å². The van der Waals surface area contributed by atoms with Crippen molar-refractivity contribution >= 4 is 11.3 Å². The van der Waals surface area contributed by atoms with Crippen LogP contribution >= 0.6 is 11.3 Å². The van der Waals surface area contributed by atoms with Gasteiger partial charge in [-0.15, -0.1) is 11.3 Å². The maximum absolute atomic E-state index is 5.32. The molecule has 2 aromatic rings. The van der Waals surface area contributed by atoms with Crippen LogP contribution in [0.15, 0.2) is 9.90 Å². The maximum atomic E-state index is 5.32. The molecule has 120 valence electrons. The lowest BCUT2D eigenvalue weighted by atomic mass is 9.98. The van der Waals surface area contributed by atoms with E-state index in [1.807, 2.05) is 18.3 Å². The molecule has 1 atom stereocenters. The van der Waals surface area contributed by atoms with Crippen LogP contribution in [0.25, 0.3) is 0 Å². The molecule has 0 aliphatic carbocycles. The molecule has 0 unspecified atom stereocenters. The zero-order chi connectivity index (χ0) is 15.5. The summed E-state index contributed by atoms with van der Waals surface area (Å²) in [6.07, 6.45) is 3.25. The van der Waals surface area contributed by atoms with Gasteiger partial charge in [-0.3, -0.25) is 4.90 Å². The van der Waals surface area contributed by atoms with Gasteiger partial charge in [0.05, 0.1) is 17.2 Å². The zero-order valence-electron chi connectivity index (χ0n) is 13.6. The Morgan fingerprint density at radius 1 is 1.41 bits per heavy atom. The molecular formula is C16H24N4OS. The summed E-state index contributed by atoms with van der Waals surface area (Å²) in [6, 6.07) is 0. The van der Waals surface area contributed by atoms with Crippen LogP contribution in [-0.4, -0.2) is 33.1 Å². The minimum absolute atomic E-state index is 0.510. The lowest BCUT2D eigenvalue weighted by Gasteiger charge is -2.30. The lowest BCUT2D eigenvalue weighted by Crippen LogP contribution is -2.34. The number of hydrogen-bond donors (Lipinski definition) is 0. The molecule has 22 heavy (non-hydrogen) atoms. The standard InChI is InChI=1S/C16H24N4OS/c1-4-14-18-15(21-19-14)9-20-7-5-6-12(8-20)16-17-13(10-22-16)11(2)3/h10-12H,4-9H2,1-3H3/t12-/m0/s1. The normalized spacial score (nSPS) is 19.9. The average molecular weight is 320 g/mol. The molecule has 0 aromatic carbocycles. The first-order valence-electron chi connectivity index (χ1n) is 8.14. The quantitative estimate of drug-likeness (QED) is 0.842. The van der Waals surface area contributed by atoms with Crippen molar-refractivity contribution in [2.75, 3.05) is 13.1 Å². The van der Waals surface area contributed by atoms with Gasteiger partial charge >= 0.3 is 0 Å². The van der Waals surface area contributed by atoms with Crippen molar-refractivity contribution in [1.29, 1.82) is 0 Å². The minimum atomic E-state index is 0.510. The van der Waals surface area contributed by atoms with Crippen LogP contribution in [0.2, 0.25) is 0 Å². The van der Waals surface area contributed by atoms with Gasteiger partial charge in [0.2, 0.25) is 5.89 Å². The first-order chi connectivity index (χ1) is 10.7. The van der Waals surface area contributed by atoms with Crippen LogP contribution < -0.4 is 0 Å². The predicted molar refractivity (Wildman–Crippen MR) is 87.1 cm³/mol. The van der Waals surface area contributed by atoms with Crippen LogP contribution in [0.5, 0.6) is 0 Å². The number of rotatable bonds is 5. The molecule has 5 nitrogen and oxygen atoms in total. The SMILES string of the molecule is CCc1noc(CN2CCC[C@H](c3nc(C(C)C)cs3)C2)n1. The van der Waals surface area contributed by atoms with Crippen LogP contribution in [-0.2, 0) is 13.0 Å². The Kier molecular flexibility index (Phi) is 4.88. The van der Waals surface area contributed by atoms with Crippen molar-refractivity contribution in [3.8, 4) is 0 Å². The molecule has 0 amide bonds. The number of thiazole rings is 1. The van der Waals surface area contributed by atoms with Crippen LogP contribution in [0.1, 0.15) is 67.9 Å². The van der Waals surface area contributed by atoms with E-state index in [0.717, 1.165) is 37.8 Å². The van der Waals surface area contributed by atoms with E-state index < -0.39 is 0 Å². The number of hydrogen-bond acceptors (Lipinski definition) is 6. The van der Waals surface area contributed by atoms with Gasteiger partial charge < -0.3 is 4.52 Å². The van der Waals surface area contributed by atoms with E-state index >= 15 is 0 Å². The second-order valence-electron chi connectivity index (χ2n) is 6.30. The van der Waals surface area contributed by atoms with E-state index in [9.17, 15) is 0 Å². The highest BCUT2D eigenvalue weighted by atomic mass is 32.1. The van der Waals surface area contributed by atoms with Gasteiger partial charge in [0.25, 0.3) is 0 Å². The Morgan fingerprint density at radius 2 is 2.27 bits per heavy atom. The van der Waals surface area contributed by atoms with Crippen LogP contribution in [0.3, 0.4) is 0 Å². The highest BCUT2D eigenvalue weighted by Gasteiger charge is 2.25. The molecule has 0 spiro atoms. The second kappa shape index (κ2) is 6.87. The van der Waals surface area contributed by atoms with E-state index in [0.29, 0.717) is 11.8 Å². The summed E-state index contributed by atoms with van der Waals surface area (Å²) in [6.45, 7) is 9.34. The van der Waals surface area contributed by atoms with E-state index in [2.05, 4.69) is 34.3 Å². The van der Waals surface area contributed by atoms with Gasteiger partial charge in [-0.25, -0.2) is 4.98 Å². The number of aryl methyl sites for hydroxylation is 1. The predicted octanol–water partition coefficient (Wildman–Crippen LogP) is 3.59. The summed E-state index contributed by atoms with van der Waals surface area (Å²) < 4.78 is 5.32. The van der Waals surface area contributed by atoms with Gasteiger partial charge in [-0.1, -0.05) is 25.9 Å². The summed E-state index contributed by atoms with van der Waals surface area (Å²) in [5.41, 5.74) is 1.22. The number of nitrogens with zero attached hydrogens (tertiary/aromatic N) is 4. The van der Waals surface area contributed by atoms with Gasteiger partial charge in [-0.05, 0) is 25.3 Å². The second-order valence-corrected chi connectivity index (χ2v) is 7.19. The summed E-state index contributed by atoms with van der Waals surface area (Å²) in [5.74, 6) is 2.58. The minimum Gasteiger partial charge on any atom is -0.338 e. The van der Waals surface area contributed by atoms with E-state index in [1.54, 1.807) is 0 Å². The fraction of sp³-hybridized carbons (Fsp3) is 0.688. The van der Waals surface area contributed by atoms with Crippen molar-refractivity contribution < 1.29 is 4.52 Å².